The molecule has 0 saturated carbocycles. The summed E-state index contributed by atoms with van der Waals surface area (Å²) in [5, 5.41) is 7.44. The molecule has 2 rings (SSSR count). The molecule has 0 aliphatic heterocycles. The van der Waals surface area contributed by atoms with Gasteiger partial charge in [0.05, 0.1) is 13.1 Å². The fourth-order valence-electron chi connectivity index (χ4n) is 2.43. The van der Waals surface area contributed by atoms with Gasteiger partial charge in [-0.1, -0.05) is 50.5 Å². The van der Waals surface area contributed by atoms with E-state index in [0.717, 1.165) is 19.5 Å². The molecular weight excluding hydrogens is 413 g/mol. The van der Waals surface area contributed by atoms with Crippen molar-refractivity contribution in [2.45, 2.75) is 45.7 Å². The van der Waals surface area contributed by atoms with Gasteiger partial charge in [0.1, 0.15) is 0 Å². The quantitative estimate of drug-likeness (QED) is 0.271. The average Bonchev–Trinajstić information content (AvgIpc) is 3.07. The second-order valence-electron chi connectivity index (χ2n) is 5.66. The molecule has 2 aromatic rings. The van der Waals surface area contributed by atoms with Gasteiger partial charge in [0.2, 0.25) is 0 Å². The van der Waals surface area contributed by atoms with E-state index < -0.39 is 0 Å². The van der Waals surface area contributed by atoms with Gasteiger partial charge in [-0.25, -0.2) is 4.99 Å². The molecule has 1 aromatic carbocycles. The lowest BCUT2D eigenvalue weighted by Gasteiger charge is -2.09. The van der Waals surface area contributed by atoms with Crippen molar-refractivity contribution in [3.8, 4) is 0 Å². The van der Waals surface area contributed by atoms with Crippen LogP contribution in [0.4, 0.5) is 0 Å². The average molecular weight is 441 g/mol. The number of aliphatic imine (C=N–C) groups is 1. The van der Waals surface area contributed by atoms with E-state index in [9.17, 15) is 0 Å². The van der Waals surface area contributed by atoms with Gasteiger partial charge in [-0.15, -0.1) is 24.0 Å². The number of rotatable bonds is 9. The lowest BCUT2D eigenvalue weighted by atomic mass is 10.1. The zero-order valence-electron chi connectivity index (χ0n) is 14.3. The molecular formula is C18H28IN5. The summed E-state index contributed by atoms with van der Waals surface area (Å²) >= 11 is 0. The van der Waals surface area contributed by atoms with Crippen molar-refractivity contribution in [3.05, 3.63) is 53.9 Å². The van der Waals surface area contributed by atoms with Gasteiger partial charge >= 0.3 is 0 Å². The van der Waals surface area contributed by atoms with E-state index in [-0.39, 0.29) is 24.0 Å². The van der Waals surface area contributed by atoms with E-state index in [2.05, 4.69) is 34.5 Å². The highest BCUT2D eigenvalue weighted by Crippen LogP contribution is 2.11. The molecule has 0 aliphatic rings. The van der Waals surface area contributed by atoms with Crippen LogP contribution >= 0.6 is 24.0 Å². The van der Waals surface area contributed by atoms with Crippen LogP contribution in [0, 0.1) is 0 Å². The number of aromatic nitrogens is 2. The molecule has 0 unspecified atom stereocenters. The van der Waals surface area contributed by atoms with Crippen LogP contribution in [0.1, 0.15) is 43.7 Å². The van der Waals surface area contributed by atoms with Gasteiger partial charge in [0.25, 0.3) is 0 Å². The molecule has 5 nitrogen and oxygen atoms in total. The van der Waals surface area contributed by atoms with Crippen LogP contribution in [0.15, 0.2) is 47.7 Å². The smallest absolute Gasteiger partial charge is 0.188 e. The summed E-state index contributed by atoms with van der Waals surface area (Å²) in [7, 11) is 0. The Labute approximate surface area is 161 Å². The summed E-state index contributed by atoms with van der Waals surface area (Å²) in [4.78, 5) is 4.46. The Morgan fingerprint density at radius 3 is 2.67 bits per heavy atom. The minimum atomic E-state index is 0. The van der Waals surface area contributed by atoms with Crippen LogP contribution in [-0.4, -0.2) is 22.3 Å². The zero-order chi connectivity index (χ0) is 16.3. The number of hydrogen-bond acceptors (Lipinski definition) is 2. The highest BCUT2D eigenvalue weighted by Gasteiger charge is 2.02. The lowest BCUT2D eigenvalue weighted by Crippen LogP contribution is -2.32. The predicted octanol–water partition coefficient (Wildman–Crippen LogP) is 3.53. The van der Waals surface area contributed by atoms with Crippen molar-refractivity contribution in [3.63, 3.8) is 0 Å². The molecule has 1 aromatic heterocycles. The molecule has 0 fully saturated rings. The van der Waals surface area contributed by atoms with E-state index in [0.29, 0.717) is 12.5 Å². The zero-order valence-corrected chi connectivity index (χ0v) is 16.6. The number of nitrogens with zero attached hydrogens (tertiary/aromatic N) is 3. The summed E-state index contributed by atoms with van der Waals surface area (Å²) in [6.07, 6.45) is 8.66. The monoisotopic (exact) mass is 441 g/mol. The molecule has 0 bridgehead atoms. The first-order valence-electron chi connectivity index (χ1n) is 8.37. The molecule has 6 heteroatoms. The Bertz CT molecular complexity index is 595. The fourth-order valence-corrected chi connectivity index (χ4v) is 2.43. The predicted molar refractivity (Wildman–Crippen MR) is 111 cm³/mol. The SMILES string of the molecule is CCCCCCNC(N)=NCc1ccccc1Cn1cccn1.I. The summed E-state index contributed by atoms with van der Waals surface area (Å²) in [5.74, 6) is 0.524. The lowest BCUT2D eigenvalue weighted by molar-refractivity contribution is 0.652. The Hall–Kier alpha value is -1.57. The van der Waals surface area contributed by atoms with Crippen molar-refractivity contribution >= 4 is 29.9 Å². The molecule has 24 heavy (non-hydrogen) atoms. The normalized spacial score (nSPS) is 11.1. The molecule has 0 atom stereocenters. The topological polar surface area (TPSA) is 68.2 Å². The molecule has 0 aliphatic carbocycles. The molecule has 132 valence electrons. The van der Waals surface area contributed by atoms with E-state index in [4.69, 9.17) is 5.73 Å². The summed E-state index contributed by atoms with van der Waals surface area (Å²) in [6.45, 7) is 4.45. The van der Waals surface area contributed by atoms with Crippen LogP contribution in [0.2, 0.25) is 0 Å². The first-order chi connectivity index (χ1) is 11.3. The summed E-state index contributed by atoms with van der Waals surface area (Å²) in [5.41, 5.74) is 8.34. The summed E-state index contributed by atoms with van der Waals surface area (Å²) in [6, 6.07) is 10.2. The minimum Gasteiger partial charge on any atom is -0.370 e. The Balaban J connectivity index is 0.00000288. The first-order valence-corrected chi connectivity index (χ1v) is 8.37. The van der Waals surface area contributed by atoms with Crippen molar-refractivity contribution in [2.75, 3.05) is 6.54 Å². The molecule has 0 spiro atoms. The highest BCUT2D eigenvalue weighted by atomic mass is 127. The van der Waals surface area contributed by atoms with Gasteiger partial charge in [-0.3, -0.25) is 4.68 Å². The standard InChI is InChI=1S/C18H27N5.HI/c1-2-3-4-7-11-20-18(19)21-14-16-9-5-6-10-17(16)15-23-13-8-12-22-23;/h5-6,8-10,12-13H,2-4,7,11,14-15H2,1H3,(H3,19,20,21);1H. The van der Waals surface area contributed by atoms with Crippen LogP contribution < -0.4 is 11.1 Å². The third-order valence-corrected chi connectivity index (χ3v) is 3.77. The largest absolute Gasteiger partial charge is 0.370 e. The van der Waals surface area contributed by atoms with Crippen LogP contribution in [0.25, 0.3) is 0 Å². The number of benzene rings is 1. The maximum absolute atomic E-state index is 5.94. The van der Waals surface area contributed by atoms with E-state index in [1.165, 1.54) is 30.4 Å². The molecule has 3 N–H and O–H groups in total. The highest BCUT2D eigenvalue weighted by molar-refractivity contribution is 14.0. The Morgan fingerprint density at radius 2 is 1.96 bits per heavy atom. The number of halogens is 1. The number of nitrogens with two attached hydrogens (primary N) is 1. The Morgan fingerprint density at radius 1 is 1.17 bits per heavy atom. The number of unbranched alkanes of at least 4 members (excludes halogenated alkanes) is 3. The van der Waals surface area contributed by atoms with Crippen LogP contribution in [-0.2, 0) is 13.1 Å². The second-order valence-corrected chi connectivity index (χ2v) is 5.66. The molecule has 0 amide bonds. The molecule has 1 heterocycles. The van der Waals surface area contributed by atoms with Gasteiger partial charge in [-0.05, 0) is 23.6 Å². The summed E-state index contributed by atoms with van der Waals surface area (Å²) < 4.78 is 1.91. The maximum atomic E-state index is 5.94. The number of guanidine groups is 1. The van der Waals surface area contributed by atoms with E-state index >= 15 is 0 Å². The number of nitrogens with one attached hydrogen (secondary N) is 1. The van der Waals surface area contributed by atoms with Gasteiger partial charge in [0.15, 0.2) is 5.96 Å². The van der Waals surface area contributed by atoms with Gasteiger partial charge in [0, 0.05) is 18.9 Å². The van der Waals surface area contributed by atoms with Gasteiger partial charge < -0.3 is 11.1 Å². The third kappa shape index (κ3) is 7.33. The van der Waals surface area contributed by atoms with Crippen molar-refractivity contribution in [1.82, 2.24) is 15.1 Å². The van der Waals surface area contributed by atoms with E-state index in [1.807, 2.05) is 29.1 Å². The van der Waals surface area contributed by atoms with Crippen molar-refractivity contribution < 1.29 is 0 Å². The van der Waals surface area contributed by atoms with E-state index in [1.54, 1.807) is 6.20 Å². The van der Waals surface area contributed by atoms with Crippen molar-refractivity contribution in [2.24, 2.45) is 10.7 Å². The van der Waals surface area contributed by atoms with Crippen molar-refractivity contribution in [1.29, 1.82) is 0 Å². The van der Waals surface area contributed by atoms with Gasteiger partial charge in [-0.2, -0.15) is 5.10 Å². The third-order valence-electron chi connectivity index (χ3n) is 3.77. The van der Waals surface area contributed by atoms with Crippen LogP contribution in [0.5, 0.6) is 0 Å². The first kappa shape index (κ1) is 20.5. The Kier molecular flexibility index (Phi) is 10.1. The second kappa shape index (κ2) is 11.9. The number of hydrogen-bond donors (Lipinski definition) is 2. The van der Waals surface area contributed by atoms with Crippen LogP contribution in [0.3, 0.4) is 0 Å². The molecule has 0 saturated heterocycles. The molecule has 0 radical (unpaired) electrons. The fraction of sp³-hybridized carbons (Fsp3) is 0.444. The minimum absolute atomic E-state index is 0. The maximum Gasteiger partial charge on any atom is 0.188 e.